The third-order valence-corrected chi connectivity index (χ3v) is 4.08. The van der Waals surface area contributed by atoms with E-state index < -0.39 is 35.6 Å². The molecule has 8 heteroatoms. The lowest BCUT2D eigenvalue weighted by Crippen LogP contribution is -2.55. The van der Waals surface area contributed by atoms with Crippen molar-refractivity contribution >= 4 is 29.7 Å². The summed E-state index contributed by atoms with van der Waals surface area (Å²) < 4.78 is 5.21. The Morgan fingerprint density at radius 2 is 1.79 bits per heavy atom. The molecule has 0 aromatic carbocycles. The molecule has 0 spiro atoms. The van der Waals surface area contributed by atoms with Gasteiger partial charge in [-0.2, -0.15) is 11.8 Å². The van der Waals surface area contributed by atoms with Crippen molar-refractivity contribution in [2.75, 3.05) is 12.0 Å². The van der Waals surface area contributed by atoms with E-state index in [-0.39, 0.29) is 5.92 Å². The summed E-state index contributed by atoms with van der Waals surface area (Å²) in [5, 5.41) is 5.23. The molecule has 0 saturated heterocycles. The van der Waals surface area contributed by atoms with Crippen molar-refractivity contribution in [2.45, 2.75) is 65.1 Å². The second-order valence-electron chi connectivity index (χ2n) is 6.75. The molecule has 0 radical (unpaired) electrons. The molecule has 24 heavy (non-hydrogen) atoms. The van der Waals surface area contributed by atoms with E-state index in [1.165, 1.54) is 0 Å². The van der Waals surface area contributed by atoms with Crippen LogP contribution >= 0.6 is 11.8 Å². The van der Waals surface area contributed by atoms with Crippen molar-refractivity contribution in [3.8, 4) is 0 Å². The highest BCUT2D eigenvalue weighted by molar-refractivity contribution is 7.98. The average Bonchev–Trinajstić information content (AvgIpc) is 2.45. The zero-order valence-corrected chi connectivity index (χ0v) is 16.3. The number of carbonyl (C=O) groups excluding carboxylic acids is 3. The molecule has 0 heterocycles. The number of hydrogen-bond donors (Lipinski definition) is 3. The van der Waals surface area contributed by atoms with Crippen LogP contribution in [0.2, 0.25) is 0 Å². The molecule has 7 nitrogen and oxygen atoms in total. The number of ether oxygens (including phenoxy) is 1. The summed E-state index contributed by atoms with van der Waals surface area (Å²) in [4.78, 5) is 36.0. The Bertz CT molecular complexity index is 438. The van der Waals surface area contributed by atoms with E-state index in [1.807, 2.05) is 20.1 Å². The van der Waals surface area contributed by atoms with Crippen molar-refractivity contribution in [2.24, 2.45) is 11.7 Å². The number of hydrogen-bond acceptors (Lipinski definition) is 5. The number of rotatable bonds is 9. The minimum absolute atomic E-state index is 0.119. The Balaban J connectivity index is 4.99. The Kier molecular flexibility index (Phi) is 9.80. The first-order valence-corrected chi connectivity index (χ1v) is 9.49. The zero-order chi connectivity index (χ0) is 18.9. The molecule has 3 atom stereocenters. The number of thioether (sulfide) groups is 1. The lowest BCUT2D eigenvalue weighted by atomic mass is 9.98. The van der Waals surface area contributed by atoms with Gasteiger partial charge in [0.2, 0.25) is 11.8 Å². The van der Waals surface area contributed by atoms with E-state index in [9.17, 15) is 14.4 Å². The Hall–Kier alpha value is -1.44. The predicted molar refractivity (Wildman–Crippen MR) is 96.7 cm³/mol. The number of nitrogens with two attached hydrogens (primary N) is 1. The Morgan fingerprint density at radius 1 is 1.21 bits per heavy atom. The van der Waals surface area contributed by atoms with Crippen LogP contribution in [0.15, 0.2) is 0 Å². The van der Waals surface area contributed by atoms with E-state index >= 15 is 0 Å². The normalized spacial score (nSPS) is 15.1. The molecule has 3 amide bonds. The molecule has 0 aliphatic heterocycles. The van der Waals surface area contributed by atoms with Crippen LogP contribution < -0.4 is 16.4 Å². The van der Waals surface area contributed by atoms with Gasteiger partial charge >= 0.3 is 6.09 Å². The predicted octanol–water partition coefficient (Wildman–Crippen LogP) is 1.65. The maximum atomic E-state index is 12.5. The van der Waals surface area contributed by atoms with Gasteiger partial charge in [0, 0.05) is 0 Å². The fourth-order valence-corrected chi connectivity index (χ4v) is 2.39. The van der Waals surface area contributed by atoms with Crippen LogP contribution in [0.1, 0.15) is 47.5 Å². The van der Waals surface area contributed by atoms with Crippen molar-refractivity contribution in [1.82, 2.24) is 10.6 Å². The van der Waals surface area contributed by atoms with Crippen LogP contribution in [0.4, 0.5) is 4.79 Å². The minimum Gasteiger partial charge on any atom is -0.444 e. The van der Waals surface area contributed by atoms with Crippen LogP contribution in [0, 0.1) is 5.92 Å². The van der Waals surface area contributed by atoms with E-state index in [1.54, 1.807) is 32.5 Å². The highest BCUT2D eigenvalue weighted by atomic mass is 32.2. The van der Waals surface area contributed by atoms with Gasteiger partial charge in [-0.15, -0.1) is 0 Å². The lowest BCUT2D eigenvalue weighted by molar-refractivity contribution is -0.129. The van der Waals surface area contributed by atoms with Crippen LogP contribution in [0.5, 0.6) is 0 Å². The molecule has 4 N–H and O–H groups in total. The second kappa shape index (κ2) is 10.4. The van der Waals surface area contributed by atoms with E-state index in [4.69, 9.17) is 10.5 Å². The summed E-state index contributed by atoms with van der Waals surface area (Å²) in [6.07, 6.45) is 2.37. The largest absolute Gasteiger partial charge is 0.444 e. The molecule has 0 aliphatic carbocycles. The highest BCUT2D eigenvalue weighted by Crippen LogP contribution is 2.12. The molecule has 0 rings (SSSR count). The van der Waals surface area contributed by atoms with Crippen molar-refractivity contribution < 1.29 is 19.1 Å². The molecule has 140 valence electrons. The minimum atomic E-state index is -0.791. The summed E-state index contributed by atoms with van der Waals surface area (Å²) >= 11 is 1.56. The fraction of sp³-hybridized carbons (Fsp3) is 0.812. The van der Waals surface area contributed by atoms with Gasteiger partial charge in [-0.3, -0.25) is 9.59 Å². The third kappa shape index (κ3) is 9.00. The van der Waals surface area contributed by atoms with E-state index in [0.717, 1.165) is 0 Å². The van der Waals surface area contributed by atoms with Crippen molar-refractivity contribution in [3.63, 3.8) is 0 Å². The summed E-state index contributed by atoms with van der Waals surface area (Å²) in [7, 11) is 0. The maximum absolute atomic E-state index is 12.5. The van der Waals surface area contributed by atoms with Gasteiger partial charge in [-0.25, -0.2) is 4.79 Å². The van der Waals surface area contributed by atoms with Crippen molar-refractivity contribution in [3.05, 3.63) is 0 Å². The molecular formula is C16H31N3O4S. The maximum Gasteiger partial charge on any atom is 0.408 e. The molecule has 0 aromatic rings. The van der Waals surface area contributed by atoms with Crippen LogP contribution in [-0.4, -0.2) is 47.6 Å². The fourth-order valence-electron chi connectivity index (χ4n) is 1.92. The number of carbonyl (C=O) groups is 3. The summed E-state index contributed by atoms with van der Waals surface area (Å²) in [6.45, 7) is 9.01. The second-order valence-corrected chi connectivity index (χ2v) is 7.74. The van der Waals surface area contributed by atoms with Gasteiger partial charge in [0.25, 0.3) is 0 Å². The molecule has 0 saturated carbocycles. The van der Waals surface area contributed by atoms with Crippen LogP contribution in [0.25, 0.3) is 0 Å². The molecule has 0 bridgehead atoms. The molecule has 0 aliphatic rings. The van der Waals surface area contributed by atoms with E-state index in [2.05, 4.69) is 10.6 Å². The number of alkyl carbamates (subject to hydrolysis) is 1. The van der Waals surface area contributed by atoms with Gasteiger partial charge in [0.15, 0.2) is 0 Å². The number of primary amides is 1. The lowest BCUT2D eigenvalue weighted by Gasteiger charge is -2.27. The number of nitrogens with one attached hydrogen (secondary N) is 2. The third-order valence-electron chi connectivity index (χ3n) is 3.44. The molecule has 0 fully saturated rings. The smallest absolute Gasteiger partial charge is 0.408 e. The Morgan fingerprint density at radius 3 is 2.21 bits per heavy atom. The molecule has 0 aromatic heterocycles. The van der Waals surface area contributed by atoms with E-state index in [0.29, 0.717) is 18.6 Å². The first kappa shape index (κ1) is 22.6. The SMILES string of the molecule is CCC(C)C(NC(=O)OC(C)(C)C)C(=O)NC(CCSC)C(N)=O. The van der Waals surface area contributed by atoms with Gasteiger partial charge in [0.1, 0.15) is 17.7 Å². The van der Waals surface area contributed by atoms with Crippen molar-refractivity contribution in [1.29, 1.82) is 0 Å². The highest BCUT2D eigenvalue weighted by Gasteiger charge is 2.30. The average molecular weight is 362 g/mol. The van der Waals surface area contributed by atoms with Crippen LogP contribution in [-0.2, 0) is 14.3 Å². The summed E-state index contributed by atoms with van der Waals surface area (Å²) in [5.41, 5.74) is 4.69. The quantitative estimate of drug-likeness (QED) is 0.578. The van der Waals surface area contributed by atoms with Gasteiger partial charge in [0.05, 0.1) is 0 Å². The van der Waals surface area contributed by atoms with Gasteiger partial charge < -0.3 is 21.1 Å². The standard InChI is InChI=1S/C16H31N3O4S/c1-7-10(2)12(19-15(22)23-16(3,4)5)14(21)18-11(13(17)20)8-9-24-6/h10-12H,7-9H2,1-6H3,(H2,17,20)(H,18,21)(H,19,22). The first-order chi connectivity index (χ1) is 11.0. The summed E-state index contributed by atoms with van der Waals surface area (Å²) in [5.74, 6) is -0.439. The molecular weight excluding hydrogens is 330 g/mol. The monoisotopic (exact) mass is 361 g/mol. The van der Waals surface area contributed by atoms with Gasteiger partial charge in [-0.1, -0.05) is 20.3 Å². The number of amides is 3. The topological polar surface area (TPSA) is 111 Å². The molecule has 3 unspecified atom stereocenters. The zero-order valence-electron chi connectivity index (χ0n) is 15.5. The Labute approximate surface area is 148 Å². The van der Waals surface area contributed by atoms with Crippen LogP contribution in [0.3, 0.4) is 0 Å². The first-order valence-electron chi connectivity index (χ1n) is 8.10. The summed E-state index contributed by atoms with van der Waals surface area (Å²) in [6, 6.07) is -1.54. The van der Waals surface area contributed by atoms with Gasteiger partial charge in [-0.05, 0) is 45.1 Å².